The van der Waals surface area contributed by atoms with Gasteiger partial charge in [0.2, 0.25) is 0 Å². The summed E-state index contributed by atoms with van der Waals surface area (Å²) in [6.07, 6.45) is 5.57. The Balaban J connectivity index is 1.61. The molecule has 0 unspecified atom stereocenters. The molecule has 0 saturated heterocycles. The molecule has 0 bridgehead atoms. The molecular weight excluding hydrogens is 322 g/mol. The quantitative estimate of drug-likeness (QED) is 0.670. The lowest BCUT2D eigenvalue weighted by molar-refractivity contribution is -0.137. The molecule has 1 heterocycles. The SMILES string of the molecule is O=C(NC1CCCC1)c1ccc(NC2=CC(=O)N(CCO)C2=O)cc1. The van der Waals surface area contributed by atoms with Crippen molar-refractivity contribution in [1.29, 1.82) is 0 Å². The summed E-state index contributed by atoms with van der Waals surface area (Å²) >= 11 is 0. The molecule has 2 aliphatic rings. The van der Waals surface area contributed by atoms with E-state index in [1.165, 1.54) is 6.08 Å². The summed E-state index contributed by atoms with van der Waals surface area (Å²) in [5, 5.41) is 14.8. The van der Waals surface area contributed by atoms with Crippen LogP contribution in [0.3, 0.4) is 0 Å². The predicted octanol–water partition coefficient (Wildman–Crippen LogP) is 1.02. The van der Waals surface area contributed by atoms with E-state index >= 15 is 0 Å². The first-order valence-electron chi connectivity index (χ1n) is 8.45. The maximum atomic E-state index is 12.2. The molecule has 3 N–H and O–H groups in total. The number of amides is 3. The Morgan fingerprint density at radius 3 is 2.48 bits per heavy atom. The summed E-state index contributed by atoms with van der Waals surface area (Å²) in [6, 6.07) is 7.00. The minimum Gasteiger partial charge on any atom is -0.395 e. The first-order valence-corrected chi connectivity index (χ1v) is 8.45. The highest BCUT2D eigenvalue weighted by Gasteiger charge is 2.30. The molecular formula is C18H21N3O4. The summed E-state index contributed by atoms with van der Waals surface area (Å²) in [5.74, 6) is -1.02. The van der Waals surface area contributed by atoms with Gasteiger partial charge in [-0.2, -0.15) is 0 Å². The fraction of sp³-hybridized carbons (Fsp3) is 0.389. The maximum Gasteiger partial charge on any atom is 0.277 e. The van der Waals surface area contributed by atoms with Crippen LogP contribution in [-0.2, 0) is 9.59 Å². The fourth-order valence-corrected chi connectivity index (χ4v) is 3.11. The monoisotopic (exact) mass is 343 g/mol. The van der Waals surface area contributed by atoms with Gasteiger partial charge >= 0.3 is 0 Å². The number of aliphatic hydroxyl groups excluding tert-OH is 1. The number of hydrogen-bond donors (Lipinski definition) is 3. The van der Waals surface area contributed by atoms with Gasteiger partial charge in [0.15, 0.2) is 0 Å². The van der Waals surface area contributed by atoms with E-state index in [1.807, 2.05) is 0 Å². The molecule has 1 aliphatic carbocycles. The zero-order chi connectivity index (χ0) is 17.8. The second-order valence-electron chi connectivity index (χ2n) is 6.23. The van der Waals surface area contributed by atoms with Crippen LogP contribution in [0, 0.1) is 0 Å². The van der Waals surface area contributed by atoms with Crippen LogP contribution in [0.25, 0.3) is 0 Å². The van der Waals surface area contributed by atoms with E-state index in [2.05, 4.69) is 10.6 Å². The van der Waals surface area contributed by atoms with E-state index in [1.54, 1.807) is 24.3 Å². The van der Waals surface area contributed by atoms with Crippen LogP contribution < -0.4 is 10.6 Å². The Morgan fingerprint density at radius 1 is 1.16 bits per heavy atom. The number of carbonyl (C=O) groups excluding carboxylic acids is 3. The van der Waals surface area contributed by atoms with Gasteiger partial charge in [0, 0.05) is 23.4 Å². The number of benzene rings is 1. The molecule has 0 atom stereocenters. The number of anilines is 1. The number of nitrogens with one attached hydrogen (secondary N) is 2. The van der Waals surface area contributed by atoms with Crippen molar-refractivity contribution in [1.82, 2.24) is 10.2 Å². The van der Waals surface area contributed by atoms with Gasteiger partial charge in [-0.3, -0.25) is 19.3 Å². The lowest BCUT2D eigenvalue weighted by Crippen LogP contribution is -2.34. The highest BCUT2D eigenvalue weighted by Crippen LogP contribution is 2.20. The average Bonchev–Trinajstić information content (AvgIpc) is 3.20. The van der Waals surface area contributed by atoms with Crippen molar-refractivity contribution in [2.75, 3.05) is 18.5 Å². The summed E-state index contributed by atoms with van der Waals surface area (Å²) in [7, 11) is 0. The second kappa shape index (κ2) is 7.48. The molecule has 1 aliphatic heterocycles. The lowest BCUT2D eigenvalue weighted by atomic mass is 10.1. The number of hydrogen-bond acceptors (Lipinski definition) is 5. The Hall–Kier alpha value is -2.67. The third-order valence-corrected chi connectivity index (χ3v) is 4.45. The topological polar surface area (TPSA) is 98.7 Å². The van der Waals surface area contributed by atoms with Crippen molar-refractivity contribution in [2.45, 2.75) is 31.7 Å². The van der Waals surface area contributed by atoms with E-state index in [9.17, 15) is 14.4 Å². The zero-order valence-corrected chi connectivity index (χ0v) is 13.8. The fourth-order valence-electron chi connectivity index (χ4n) is 3.11. The van der Waals surface area contributed by atoms with Crippen LogP contribution >= 0.6 is 0 Å². The van der Waals surface area contributed by atoms with Crippen LogP contribution in [0.15, 0.2) is 36.0 Å². The number of rotatable bonds is 6. The Labute approximate surface area is 145 Å². The Kier molecular flexibility index (Phi) is 5.14. The number of imide groups is 1. The maximum absolute atomic E-state index is 12.2. The van der Waals surface area contributed by atoms with Gasteiger partial charge in [-0.25, -0.2) is 0 Å². The number of aliphatic hydroxyl groups is 1. The first-order chi connectivity index (χ1) is 12.1. The molecule has 1 aromatic rings. The third kappa shape index (κ3) is 3.88. The summed E-state index contributed by atoms with van der Waals surface area (Å²) in [6.45, 7) is -0.303. The summed E-state index contributed by atoms with van der Waals surface area (Å²) in [5.41, 5.74) is 1.32. The van der Waals surface area contributed by atoms with Crippen molar-refractivity contribution >= 4 is 23.4 Å². The van der Waals surface area contributed by atoms with Crippen molar-refractivity contribution in [3.05, 3.63) is 41.6 Å². The van der Waals surface area contributed by atoms with Gasteiger partial charge in [-0.05, 0) is 37.1 Å². The lowest BCUT2D eigenvalue weighted by Gasteiger charge is -2.14. The van der Waals surface area contributed by atoms with Crippen LogP contribution in [0.5, 0.6) is 0 Å². The van der Waals surface area contributed by atoms with Crippen LogP contribution in [0.2, 0.25) is 0 Å². The molecule has 7 heteroatoms. The molecule has 1 saturated carbocycles. The molecule has 3 rings (SSSR count). The Bertz CT molecular complexity index is 706. The molecule has 25 heavy (non-hydrogen) atoms. The third-order valence-electron chi connectivity index (χ3n) is 4.45. The van der Waals surface area contributed by atoms with Gasteiger partial charge in [0.05, 0.1) is 13.2 Å². The molecule has 7 nitrogen and oxygen atoms in total. The highest BCUT2D eigenvalue weighted by molar-refractivity contribution is 6.17. The molecule has 0 aromatic heterocycles. The normalized spacial score (nSPS) is 17.8. The van der Waals surface area contributed by atoms with Crippen molar-refractivity contribution in [3.63, 3.8) is 0 Å². The molecule has 0 radical (unpaired) electrons. The highest BCUT2D eigenvalue weighted by atomic mass is 16.3. The molecule has 1 fully saturated rings. The van der Waals surface area contributed by atoms with Gasteiger partial charge in [-0.1, -0.05) is 12.8 Å². The largest absolute Gasteiger partial charge is 0.395 e. The van der Waals surface area contributed by atoms with Crippen LogP contribution in [0.1, 0.15) is 36.0 Å². The van der Waals surface area contributed by atoms with E-state index in [4.69, 9.17) is 5.11 Å². The van der Waals surface area contributed by atoms with E-state index < -0.39 is 11.8 Å². The van der Waals surface area contributed by atoms with E-state index in [0.29, 0.717) is 11.3 Å². The molecule has 1 aromatic carbocycles. The molecule has 3 amide bonds. The van der Waals surface area contributed by atoms with Crippen LogP contribution in [-0.4, -0.2) is 46.9 Å². The number of nitrogens with zero attached hydrogens (tertiary/aromatic N) is 1. The zero-order valence-electron chi connectivity index (χ0n) is 13.8. The Morgan fingerprint density at radius 2 is 1.84 bits per heavy atom. The minimum absolute atomic E-state index is 0.0282. The second-order valence-corrected chi connectivity index (χ2v) is 6.23. The minimum atomic E-state index is -0.470. The molecule has 132 valence electrons. The predicted molar refractivity (Wildman–Crippen MR) is 91.7 cm³/mol. The smallest absolute Gasteiger partial charge is 0.277 e. The van der Waals surface area contributed by atoms with Crippen LogP contribution in [0.4, 0.5) is 5.69 Å². The summed E-state index contributed by atoms with van der Waals surface area (Å²) in [4.78, 5) is 37.0. The average molecular weight is 343 g/mol. The summed E-state index contributed by atoms with van der Waals surface area (Å²) < 4.78 is 0. The van der Waals surface area contributed by atoms with Gasteiger partial charge in [-0.15, -0.1) is 0 Å². The number of β-amino-alcohol motifs (C(OH)–C–C–N with tert-alkyl or cyclic N) is 1. The van der Waals surface area contributed by atoms with Gasteiger partial charge in [0.1, 0.15) is 5.70 Å². The van der Waals surface area contributed by atoms with E-state index in [-0.39, 0.29) is 30.8 Å². The first kappa shape index (κ1) is 17.2. The standard InChI is InChI=1S/C18H21N3O4/c22-10-9-21-16(23)11-15(18(21)25)19-14-7-5-12(6-8-14)17(24)20-13-3-1-2-4-13/h5-8,11,13,19,22H,1-4,9-10H2,(H,20,24). The number of carbonyl (C=O) groups is 3. The van der Waals surface area contributed by atoms with Crippen molar-refractivity contribution in [2.24, 2.45) is 0 Å². The molecule has 0 spiro atoms. The van der Waals surface area contributed by atoms with E-state index in [0.717, 1.165) is 30.6 Å². The van der Waals surface area contributed by atoms with Crippen molar-refractivity contribution < 1.29 is 19.5 Å². The van der Waals surface area contributed by atoms with Crippen molar-refractivity contribution in [3.8, 4) is 0 Å². The van der Waals surface area contributed by atoms with Gasteiger partial charge in [0.25, 0.3) is 17.7 Å². The van der Waals surface area contributed by atoms with Gasteiger partial charge < -0.3 is 15.7 Å².